The Bertz CT molecular complexity index is 518. The summed E-state index contributed by atoms with van der Waals surface area (Å²) in [6, 6.07) is 3.15. The van der Waals surface area contributed by atoms with Gasteiger partial charge in [-0.05, 0) is 12.1 Å². The first-order valence-electron chi connectivity index (χ1n) is 4.77. The van der Waals surface area contributed by atoms with Crippen LogP contribution < -0.4 is 10.1 Å². The van der Waals surface area contributed by atoms with E-state index in [-0.39, 0.29) is 12.4 Å². The second-order valence-electron chi connectivity index (χ2n) is 3.11. The van der Waals surface area contributed by atoms with E-state index in [9.17, 15) is 8.78 Å². The first kappa shape index (κ1) is 11.7. The maximum atomic E-state index is 13.2. The van der Waals surface area contributed by atoms with E-state index in [0.29, 0.717) is 10.1 Å². The van der Waals surface area contributed by atoms with E-state index in [1.807, 2.05) is 0 Å². The molecule has 0 atom stereocenters. The Hall–Kier alpha value is -1.76. The number of nitrogens with zero attached hydrogens (tertiary/aromatic N) is 2. The average Bonchev–Trinajstić information content (AvgIpc) is 2.76. The van der Waals surface area contributed by atoms with Crippen LogP contribution in [0, 0.1) is 11.6 Å². The zero-order valence-corrected chi connectivity index (χ0v) is 9.72. The Morgan fingerprint density at radius 3 is 2.82 bits per heavy atom. The molecule has 1 aromatic carbocycles. The summed E-state index contributed by atoms with van der Waals surface area (Å²) in [5.41, 5.74) is 0. The van der Waals surface area contributed by atoms with Crippen LogP contribution in [0.2, 0.25) is 0 Å². The van der Waals surface area contributed by atoms with Crippen LogP contribution in [0.4, 0.5) is 13.9 Å². The van der Waals surface area contributed by atoms with Crippen LogP contribution in [0.25, 0.3) is 0 Å². The second-order valence-corrected chi connectivity index (χ2v) is 4.18. The highest BCUT2D eigenvalue weighted by atomic mass is 32.1. The van der Waals surface area contributed by atoms with Gasteiger partial charge in [-0.2, -0.15) is 0 Å². The quantitative estimate of drug-likeness (QED) is 0.913. The Kier molecular flexibility index (Phi) is 3.48. The molecule has 2 aromatic rings. The van der Waals surface area contributed by atoms with Crippen molar-refractivity contribution in [3.05, 3.63) is 34.8 Å². The number of anilines is 1. The first-order chi connectivity index (χ1) is 8.19. The van der Waals surface area contributed by atoms with Gasteiger partial charge in [0.1, 0.15) is 12.4 Å². The SMILES string of the molecule is CNc1nnc(COc2ccc(F)cc2F)s1. The van der Waals surface area contributed by atoms with Crippen LogP contribution in [0.15, 0.2) is 18.2 Å². The predicted octanol–water partition coefficient (Wildman–Crippen LogP) is 2.44. The molecule has 7 heteroatoms. The molecule has 0 bridgehead atoms. The molecule has 0 unspecified atom stereocenters. The molecule has 0 amide bonds. The smallest absolute Gasteiger partial charge is 0.205 e. The molecule has 0 aliphatic heterocycles. The van der Waals surface area contributed by atoms with Gasteiger partial charge in [0.25, 0.3) is 0 Å². The first-order valence-corrected chi connectivity index (χ1v) is 5.58. The number of halogens is 2. The molecule has 0 saturated heterocycles. The van der Waals surface area contributed by atoms with Gasteiger partial charge < -0.3 is 10.1 Å². The van der Waals surface area contributed by atoms with Crippen molar-refractivity contribution in [2.45, 2.75) is 6.61 Å². The van der Waals surface area contributed by atoms with Gasteiger partial charge in [-0.15, -0.1) is 10.2 Å². The largest absolute Gasteiger partial charge is 0.483 e. The molecular weight excluding hydrogens is 248 g/mol. The molecule has 4 nitrogen and oxygen atoms in total. The molecule has 0 spiro atoms. The fourth-order valence-electron chi connectivity index (χ4n) is 1.14. The van der Waals surface area contributed by atoms with Crippen LogP contribution in [0.5, 0.6) is 5.75 Å². The van der Waals surface area contributed by atoms with Crippen molar-refractivity contribution in [2.24, 2.45) is 0 Å². The lowest BCUT2D eigenvalue weighted by Crippen LogP contribution is -1.97. The molecule has 0 saturated carbocycles. The Labute approximate surface area is 100 Å². The van der Waals surface area contributed by atoms with E-state index in [0.717, 1.165) is 12.1 Å². The standard InChI is InChI=1S/C10H9F2N3OS/c1-13-10-15-14-9(17-10)5-16-8-3-2-6(11)4-7(8)12/h2-4H,5H2,1H3,(H,13,15). The third-order valence-corrected chi connectivity index (χ3v) is 2.84. The lowest BCUT2D eigenvalue weighted by molar-refractivity contribution is 0.288. The summed E-state index contributed by atoms with van der Waals surface area (Å²) >= 11 is 1.31. The Morgan fingerprint density at radius 2 is 2.18 bits per heavy atom. The summed E-state index contributed by atoms with van der Waals surface area (Å²) in [6.45, 7) is 0.0991. The van der Waals surface area contributed by atoms with Crippen molar-refractivity contribution in [3.8, 4) is 5.75 Å². The third kappa shape index (κ3) is 2.88. The number of hydrogen-bond acceptors (Lipinski definition) is 5. The molecule has 90 valence electrons. The summed E-state index contributed by atoms with van der Waals surface area (Å²) in [6.07, 6.45) is 0. The minimum absolute atomic E-state index is 0.00684. The molecule has 1 aromatic heterocycles. The summed E-state index contributed by atoms with van der Waals surface area (Å²) in [7, 11) is 1.73. The third-order valence-electron chi connectivity index (χ3n) is 1.93. The van der Waals surface area contributed by atoms with Crippen molar-refractivity contribution >= 4 is 16.5 Å². The lowest BCUT2D eigenvalue weighted by Gasteiger charge is -2.04. The van der Waals surface area contributed by atoms with Crippen molar-refractivity contribution in [3.63, 3.8) is 0 Å². The van der Waals surface area contributed by atoms with E-state index in [1.54, 1.807) is 7.05 Å². The van der Waals surface area contributed by atoms with Gasteiger partial charge in [0.15, 0.2) is 16.6 Å². The van der Waals surface area contributed by atoms with E-state index < -0.39 is 11.6 Å². The molecule has 2 rings (SSSR count). The predicted molar refractivity (Wildman–Crippen MR) is 60.1 cm³/mol. The van der Waals surface area contributed by atoms with Crippen LogP contribution in [0.1, 0.15) is 5.01 Å². The maximum Gasteiger partial charge on any atom is 0.205 e. The Morgan fingerprint density at radius 1 is 1.35 bits per heavy atom. The summed E-state index contributed by atoms with van der Waals surface area (Å²) < 4.78 is 31.0. The molecule has 0 radical (unpaired) electrons. The molecule has 17 heavy (non-hydrogen) atoms. The fraction of sp³-hybridized carbons (Fsp3) is 0.200. The van der Waals surface area contributed by atoms with E-state index in [2.05, 4.69) is 15.5 Å². The zero-order chi connectivity index (χ0) is 12.3. The van der Waals surface area contributed by atoms with Gasteiger partial charge in [0.05, 0.1) is 0 Å². The maximum absolute atomic E-state index is 13.2. The van der Waals surface area contributed by atoms with Crippen molar-refractivity contribution in [1.82, 2.24) is 10.2 Å². The molecule has 0 aliphatic rings. The molecule has 1 N–H and O–H groups in total. The minimum atomic E-state index is -0.733. The summed E-state index contributed by atoms with van der Waals surface area (Å²) in [5.74, 6) is -1.38. The fourth-order valence-corrected chi connectivity index (χ4v) is 1.75. The van der Waals surface area contributed by atoms with Gasteiger partial charge in [0, 0.05) is 13.1 Å². The van der Waals surface area contributed by atoms with Crippen LogP contribution in [-0.4, -0.2) is 17.2 Å². The van der Waals surface area contributed by atoms with Crippen LogP contribution >= 0.6 is 11.3 Å². The number of hydrogen-bond donors (Lipinski definition) is 1. The number of nitrogens with one attached hydrogen (secondary N) is 1. The van der Waals surface area contributed by atoms with Crippen LogP contribution in [0.3, 0.4) is 0 Å². The highest BCUT2D eigenvalue weighted by Crippen LogP contribution is 2.20. The molecular formula is C10H9F2N3OS. The number of ether oxygens (including phenoxy) is 1. The van der Waals surface area contributed by atoms with E-state index >= 15 is 0 Å². The second kappa shape index (κ2) is 5.05. The zero-order valence-electron chi connectivity index (χ0n) is 8.91. The van der Waals surface area contributed by atoms with Crippen LogP contribution in [-0.2, 0) is 6.61 Å². The lowest BCUT2D eigenvalue weighted by atomic mass is 10.3. The normalized spacial score (nSPS) is 10.3. The van der Waals surface area contributed by atoms with Gasteiger partial charge in [0.2, 0.25) is 5.13 Å². The van der Waals surface area contributed by atoms with Gasteiger partial charge in [-0.1, -0.05) is 11.3 Å². The minimum Gasteiger partial charge on any atom is -0.483 e. The number of rotatable bonds is 4. The monoisotopic (exact) mass is 257 g/mol. The molecule has 0 aliphatic carbocycles. The van der Waals surface area contributed by atoms with Gasteiger partial charge in [-0.3, -0.25) is 0 Å². The Balaban J connectivity index is 2.02. The van der Waals surface area contributed by atoms with Gasteiger partial charge >= 0.3 is 0 Å². The number of benzene rings is 1. The highest BCUT2D eigenvalue weighted by molar-refractivity contribution is 7.15. The average molecular weight is 257 g/mol. The summed E-state index contributed by atoms with van der Waals surface area (Å²) in [4.78, 5) is 0. The van der Waals surface area contributed by atoms with Crippen molar-refractivity contribution in [2.75, 3.05) is 12.4 Å². The molecule has 0 fully saturated rings. The topological polar surface area (TPSA) is 47.0 Å². The van der Waals surface area contributed by atoms with E-state index in [1.165, 1.54) is 17.4 Å². The van der Waals surface area contributed by atoms with Crippen molar-refractivity contribution in [1.29, 1.82) is 0 Å². The van der Waals surface area contributed by atoms with Crippen molar-refractivity contribution < 1.29 is 13.5 Å². The van der Waals surface area contributed by atoms with Gasteiger partial charge in [-0.25, -0.2) is 8.78 Å². The number of aromatic nitrogens is 2. The van der Waals surface area contributed by atoms with E-state index in [4.69, 9.17) is 4.74 Å². The highest BCUT2D eigenvalue weighted by Gasteiger charge is 2.07. The molecule has 1 heterocycles. The summed E-state index contributed by atoms with van der Waals surface area (Å²) in [5, 5.41) is 11.7.